The van der Waals surface area contributed by atoms with Crippen LogP contribution in [-0.4, -0.2) is 43.0 Å². The van der Waals surface area contributed by atoms with E-state index in [0.717, 1.165) is 55.6 Å². The van der Waals surface area contributed by atoms with E-state index in [9.17, 15) is 9.59 Å². The van der Waals surface area contributed by atoms with Crippen LogP contribution >= 0.6 is 0 Å². The Labute approximate surface area is 240 Å². The number of aryl methyl sites for hydroxylation is 2. The van der Waals surface area contributed by atoms with Crippen molar-refractivity contribution in [3.63, 3.8) is 0 Å². The van der Waals surface area contributed by atoms with E-state index < -0.39 is 0 Å². The summed E-state index contributed by atoms with van der Waals surface area (Å²) < 4.78 is 4.62. The lowest BCUT2D eigenvalue weighted by Gasteiger charge is -2.34. The minimum Gasteiger partial charge on any atom is -0.469 e. The number of carbonyl (C=O) groups excluding carboxylic acids is 2. The van der Waals surface area contributed by atoms with E-state index in [0.29, 0.717) is 6.42 Å². The molecule has 0 radical (unpaired) electrons. The summed E-state index contributed by atoms with van der Waals surface area (Å²) in [7, 11) is 1.46. The molecule has 1 saturated heterocycles. The van der Waals surface area contributed by atoms with Crippen LogP contribution in [0.2, 0.25) is 0 Å². The molecule has 39 heavy (non-hydrogen) atoms. The van der Waals surface area contributed by atoms with Gasteiger partial charge in [0.1, 0.15) is 0 Å². The Balaban J connectivity index is 0.000000391. The molecule has 1 fully saturated rings. The first-order valence-corrected chi connectivity index (χ1v) is 16.1. The summed E-state index contributed by atoms with van der Waals surface area (Å²) in [4.78, 5) is 25.8. The van der Waals surface area contributed by atoms with Crippen LogP contribution in [0, 0.1) is 13.8 Å². The monoisotopic (exact) mass is 544 g/mol. The number of ether oxygens (including phenoxy) is 1. The summed E-state index contributed by atoms with van der Waals surface area (Å²) >= 11 is 0. The number of methoxy groups -OCH3 is 1. The molecular formula is C34H60N2O3. The summed E-state index contributed by atoms with van der Waals surface area (Å²) in [5.74, 6) is 0.0959. The molecule has 0 aliphatic carbocycles. The zero-order valence-electron chi connectivity index (χ0n) is 26.1. The molecule has 1 aromatic carbocycles. The minimum absolute atomic E-state index is 0.0442. The van der Waals surface area contributed by atoms with Gasteiger partial charge in [-0.25, -0.2) is 0 Å². The first-order valence-electron chi connectivity index (χ1n) is 16.1. The zero-order chi connectivity index (χ0) is 28.7. The number of piperidine rings is 1. The number of nitrogens with one attached hydrogen (secondary N) is 1. The van der Waals surface area contributed by atoms with Crippen LogP contribution in [0.1, 0.15) is 141 Å². The average Bonchev–Trinajstić information content (AvgIpc) is 2.94. The molecule has 1 aliphatic heterocycles. The first kappa shape index (κ1) is 35.1. The predicted octanol–water partition coefficient (Wildman–Crippen LogP) is 9.15. The number of rotatable bonds is 18. The Bertz CT molecular complexity index is 757. The highest BCUT2D eigenvalue weighted by Gasteiger charge is 2.28. The second-order valence-electron chi connectivity index (χ2n) is 11.4. The number of esters is 1. The number of nitrogens with zero attached hydrogens (tertiary/aromatic N) is 1. The standard InChI is InChI=1S/C17H26N2O.C17H34O2/c1-4-11-19-12-6-5-10-15(19)17(20)18-16-13(2)8-7-9-14(16)3;1-3-4-5-6-7-8-9-10-11-12-13-14-15-16-17(18)19-2/h7-9,15H,4-6,10-12H2,1-3H3,(H,18,20);3-16H2,1-2H3. The Morgan fingerprint density at radius 1 is 0.821 bits per heavy atom. The lowest BCUT2D eigenvalue weighted by Crippen LogP contribution is -2.47. The summed E-state index contributed by atoms with van der Waals surface area (Å²) in [6.07, 6.45) is 22.5. The summed E-state index contributed by atoms with van der Waals surface area (Å²) in [6, 6.07) is 6.17. The third kappa shape index (κ3) is 16.1. The number of anilines is 1. The molecule has 1 amide bonds. The van der Waals surface area contributed by atoms with E-state index in [4.69, 9.17) is 0 Å². The highest BCUT2D eigenvalue weighted by Crippen LogP contribution is 2.23. The second-order valence-corrected chi connectivity index (χ2v) is 11.4. The van der Waals surface area contributed by atoms with Crippen molar-refractivity contribution in [2.75, 3.05) is 25.5 Å². The second kappa shape index (κ2) is 22.9. The van der Waals surface area contributed by atoms with Crippen LogP contribution < -0.4 is 5.32 Å². The summed E-state index contributed by atoms with van der Waals surface area (Å²) in [5.41, 5.74) is 3.26. The number of benzene rings is 1. The van der Waals surface area contributed by atoms with E-state index in [1.165, 1.54) is 90.6 Å². The maximum absolute atomic E-state index is 12.6. The van der Waals surface area contributed by atoms with Crippen LogP contribution in [0.3, 0.4) is 0 Å². The van der Waals surface area contributed by atoms with Gasteiger partial charge in [0.15, 0.2) is 0 Å². The van der Waals surface area contributed by atoms with Gasteiger partial charge in [-0.1, -0.05) is 116 Å². The molecule has 0 bridgehead atoms. The lowest BCUT2D eigenvalue weighted by atomic mass is 10.0. The maximum atomic E-state index is 12.6. The van der Waals surface area contributed by atoms with Gasteiger partial charge in [0.05, 0.1) is 13.2 Å². The number of hydrogen-bond donors (Lipinski definition) is 1. The average molecular weight is 545 g/mol. The third-order valence-electron chi connectivity index (χ3n) is 7.87. The molecule has 5 nitrogen and oxygen atoms in total. The Hall–Kier alpha value is -1.88. The van der Waals surface area contributed by atoms with Crippen molar-refractivity contribution in [3.05, 3.63) is 29.3 Å². The largest absolute Gasteiger partial charge is 0.469 e. The molecule has 2 rings (SSSR count). The normalized spacial score (nSPS) is 15.4. The molecular weight excluding hydrogens is 484 g/mol. The van der Waals surface area contributed by atoms with Crippen molar-refractivity contribution < 1.29 is 14.3 Å². The molecule has 5 heteroatoms. The molecule has 224 valence electrons. The van der Waals surface area contributed by atoms with Gasteiger partial charge in [-0.3, -0.25) is 14.5 Å². The SMILES string of the molecule is CCCCCCCCCCCCCCCC(=O)OC.CCCN1CCCCC1C(=O)Nc1c(C)cccc1C. The van der Waals surface area contributed by atoms with E-state index >= 15 is 0 Å². The van der Waals surface area contributed by atoms with Crippen molar-refractivity contribution in [2.24, 2.45) is 0 Å². The topological polar surface area (TPSA) is 58.6 Å². The maximum Gasteiger partial charge on any atom is 0.305 e. The van der Waals surface area contributed by atoms with Gasteiger partial charge >= 0.3 is 5.97 Å². The van der Waals surface area contributed by atoms with Gasteiger partial charge in [-0.15, -0.1) is 0 Å². The van der Waals surface area contributed by atoms with Crippen LogP contribution in [-0.2, 0) is 14.3 Å². The van der Waals surface area contributed by atoms with Crippen LogP contribution in [0.4, 0.5) is 5.69 Å². The molecule has 1 unspecified atom stereocenters. The molecule has 0 saturated carbocycles. The number of carbonyl (C=O) groups is 2. The minimum atomic E-state index is -0.0666. The number of hydrogen-bond acceptors (Lipinski definition) is 4. The zero-order valence-corrected chi connectivity index (χ0v) is 26.1. The van der Waals surface area contributed by atoms with Crippen LogP contribution in [0.15, 0.2) is 18.2 Å². The smallest absolute Gasteiger partial charge is 0.305 e. The number of likely N-dealkylation sites (tertiary alicyclic amines) is 1. The third-order valence-corrected chi connectivity index (χ3v) is 7.87. The fraction of sp³-hybridized carbons (Fsp3) is 0.765. The molecule has 0 spiro atoms. The number of amides is 1. The van der Waals surface area contributed by atoms with Gasteiger partial charge in [0.25, 0.3) is 0 Å². The van der Waals surface area contributed by atoms with E-state index in [-0.39, 0.29) is 17.9 Å². The van der Waals surface area contributed by atoms with Gasteiger partial charge in [-0.2, -0.15) is 0 Å². The fourth-order valence-corrected chi connectivity index (χ4v) is 5.45. The Morgan fingerprint density at radius 2 is 1.36 bits per heavy atom. The molecule has 1 atom stereocenters. The molecule has 1 aromatic rings. The quantitative estimate of drug-likeness (QED) is 0.148. The summed E-state index contributed by atoms with van der Waals surface area (Å²) in [5, 5.41) is 3.16. The van der Waals surface area contributed by atoms with E-state index in [1.807, 2.05) is 32.0 Å². The molecule has 1 N–H and O–H groups in total. The molecule has 1 aliphatic rings. The van der Waals surface area contributed by atoms with Crippen molar-refractivity contribution >= 4 is 17.6 Å². The molecule has 1 heterocycles. The predicted molar refractivity (Wildman–Crippen MR) is 166 cm³/mol. The number of unbranched alkanes of at least 4 members (excludes halogenated alkanes) is 12. The number of para-hydroxylation sites is 1. The Kier molecular flexibility index (Phi) is 20.6. The van der Waals surface area contributed by atoms with Gasteiger partial charge in [-0.05, 0) is 63.7 Å². The van der Waals surface area contributed by atoms with Gasteiger partial charge in [0.2, 0.25) is 5.91 Å². The fourth-order valence-electron chi connectivity index (χ4n) is 5.45. The summed E-state index contributed by atoms with van der Waals surface area (Å²) in [6.45, 7) is 10.6. The Morgan fingerprint density at radius 3 is 1.87 bits per heavy atom. The van der Waals surface area contributed by atoms with Crippen molar-refractivity contribution in [1.82, 2.24) is 4.90 Å². The lowest BCUT2D eigenvalue weighted by molar-refractivity contribution is -0.140. The highest BCUT2D eigenvalue weighted by molar-refractivity contribution is 5.96. The van der Waals surface area contributed by atoms with Gasteiger partial charge < -0.3 is 10.1 Å². The van der Waals surface area contributed by atoms with Crippen molar-refractivity contribution in [1.29, 1.82) is 0 Å². The van der Waals surface area contributed by atoms with Gasteiger partial charge in [0, 0.05) is 12.1 Å². The highest BCUT2D eigenvalue weighted by atomic mass is 16.5. The van der Waals surface area contributed by atoms with E-state index in [1.54, 1.807) is 0 Å². The van der Waals surface area contributed by atoms with E-state index in [2.05, 4.69) is 28.8 Å². The van der Waals surface area contributed by atoms with Crippen LogP contribution in [0.25, 0.3) is 0 Å². The molecule has 0 aromatic heterocycles. The first-order chi connectivity index (χ1) is 18.9. The van der Waals surface area contributed by atoms with Crippen LogP contribution in [0.5, 0.6) is 0 Å². The van der Waals surface area contributed by atoms with Crippen molar-refractivity contribution in [3.8, 4) is 0 Å². The van der Waals surface area contributed by atoms with Crippen molar-refractivity contribution in [2.45, 2.75) is 149 Å².